The minimum Gasteiger partial charge on any atom is -0.497 e. The molecular formula is C28H37NO9. The smallest absolute Gasteiger partial charge is 0.350 e. The largest absolute Gasteiger partial charge is 0.497 e. The van der Waals surface area contributed by atoms with Crippen molar-refractivity contribution in [2.24, 2.45) is 5.92 Å². The quantitative estimate of drug-likeness (QED) is 0.382. The summed E-state index contributed by atoms with van der Waals surface area (Å²) in [5.41, 5.74) is -1.61. The van der Waals surface area contributed by atoms with E-state index in [2.05, 4.69) is 4.90 Å². The third kappa shape index (κ3) is 4.23. The number of aliphatic hydroxyl groups is 2. The number of ether oxygens (including phenoxy) is 5. The Morgan fingerprint density at radius 2 is 1.89 bits per heavy atom. The molecule has 0 radical (unpaired) electrons. The van der Waals surface area contributed by atoms with Crippen molar-refractivity contribution in [2.75, 3.05) is 34.1 Å². The maximum absolute atomic E-state index is 13.6. The van der Waals surface area contributed by atoms with Crippen molar-refractivity contribution in [3.63, 3.8) is 0 Å². The average Bonchev–Trinajstić information content (AvgIpc) is 3.58. The summed E-state index contributed by atoms with van der Waals surface area (Å²) in [4.78, 5) is 28.5. The lowest BCUT2D eigenvalue weighted by Gasteiger charge is -2.39. The maximum atomic E-state index is 13.6. The van der Waals surface area contributed by atoms with Crippen LogP contribution in [0.5, 0.6) is 11.5 Å². The molecule has 3 aliphatic heterocycles. The van der Waals surface area contributed by atoms with E-state index < -0.39 is 41.2 Å². The van der Waals surface area contributed by atoms with Crippen LogP contribution in [0.15, 0.2) is 24.0 Å². The Morgan fingerprint density at radius 3 is 2.55 bits per heavy atom. The van der Waals surface area contributed by atoms with Crippen LogP contribution in [0, 0.1) is 5.92 Å². The lowest BCUT2D eigenvalue weighted by atomic mass is 9.77. The van der Waals surface area contributed by atoms with E-state index in [1.165, 1.54) is 7.11 Å². The van der Waals surface area contributed by atoms with Crippen LogP contribution in [0.2, 0.25) is 0 Å². The van der Waals surface area contributed by atoms with Gasteiger partial charge in [-0.25, -0.2) is 9.59 Å². The van der Waals surface area contributed by atoms with E-state index in [-0.39, 0.29) is 13.2 Å². The topological polar surface area (TPSA) is 124 Å². The summed E-state index contributed by atoms with van der Waals surface area (Å²) in [7, 11) is 2.65. The first-order chi connectivity index (χ1) is 18.1. The molecule has 1 aromatic carbocycles. The number of carbonyl (C=O) groups excluding carboxylic acids is 2. The van der Waals surface area contributed by atoms with Crippen LogP contribution in [0.25, 0.3) is 0 Å². The van der Waals surface area contributed by atoms with Gasteiger partial charge in [0.1, 0.15) is 5.76 Å². The normalized spacial score (nSPS) is 29.0. The molecule has 5 rings (SSSR count). The average molecular weight is 532 g/mol. The summed E-state index contributed by atoms with van der Waals surface area (Å²) in [5, 5.41) is 22.5. The Morgan fingerprint density at radius 1 is 1.18 bits per heavy atom. The maximum Gasteiger partial charge on any atom is 0.350 e. The summed E-state index contributed by atoms with van der Waals surface area (Å²) >= 11 is 0. The number of β-amino-alcohol motifs (C(OH)–C–C–N with tert-alkyl or cyclic N) is 1. The van der Waals surface area contributed by atoms with Crippen LogP contribution < -0.4 is 9.47 Å². The summed E-state index contributed by atoms with van der Waals surface area (Å²) < 4.78 is 27.8. The molecule has 38 heavy (non-hydrogen) atoms. The highest BCUT2D eigenvalue weighted by Gasteiger charge is 2.60. The number of carbonyl (C=O) groups is 2. The highest BCUT2D eigenvalue weighted by Crippen LogP contribution is 2.57. The Balaban J connectivity index is 1.55. The third-order valence-corrected chi connectivity index (χ3v) is 8.42. The van der Waals surface area contributed by atoms with Crippen molar-refractivity contribution in [1.29, 1.82) is 0 Å². The molecule has 0 amide bonds. The van der Waals surface area contributed by atoms with E-state index in [0.29, 0.717) is 41.7 Å². The van der Waals surface area contributed by atoms with Crippen molar-refractivity contribution in [3.8, 4) is 11.5 Å². The number of rotatable bonds is 8. The predicted octanol–water partition coefficient (Wildman–Crippen LogP) is 2.57. The van der Waals surface area contributed by atoms with Gasteiger partial charge in [-0.1, -0.05) is 20.3 Å². The number of hydrogen-bond donors (Lipinski definition) is 2. The lowest BCUT2D eigenvalue weighted by Crippen LogP contribution is -2.52. The van der Waals surface area contributed by atoms with Gasteiger partial charge >= 0.3 is 11.9 Å². The Bertz CT molecular complexity index is 1130. The molecule has 1 spiro atoms. The molecule has 5 atom stereocenters. The van der Waals surface area contributed by atoms with Crippen LogP contribution in [0.3, 0.4) is 0 Å². The van der Waals surface area contributed by atoms with Gasteiger partial charge in [-0.15, -0.1) is 0 Å². The van der Waals surface area contributed by atoms with Crippen LogP contribution in [-0.4, -0.2) is 78.4 Å². The minimum absolute atomic E-state index is 0.0821. The summed E-state index contributed by atoms with van der Waals surface area (Å²) in [6, 6.07) is 3.64. The van der Waals surface area contributed by atoms with Gasteiger partial charge < -0.3 is 33.9 Å². The first-order valence-electron chi connectivity index (χ1n) is 13.3. The van der Waals surface area contributed by atoms with Crippen LogP contribution in [-0.2, 0) is 23.8 Å². The molecule has 1 aromatic rings. The number of aliphatic hydroxyl groups excluding tert-OH is 1. The van der Waals surface area contributed by atoms with Gasteiger partial charge in [-0.05, 0) is 67.5 Å². The second-order valence-corrected chi connectivity index (χ2v) is 11.1. The van der Waals surface area contributed by atoms with Gasteiger partial charge in [-0.2, -0.15) is 0 Å². The van der Waals surface area contributed by atoms with Crippen LogP contribution in [0.4, 0.5) is 0 Å². The highest BCUT2D eigenvalue weighted by atomic mass is 16.7. The van der Waals surface area contributed by atoms with E-state index in [9.17, 15) is 19.8 Å². The summed E-state index contributed by atoms with van der Waals surface area (Å²) in [5.74, 6) is -0.725. The van der Waals surface area contributed by atoms with Gasteiger partial charge in [0.15, 0.2) is 17.6 Å². The monoisotopic (exact) mass is 531 g/mol. The Kier molecular flexibility index (Phi) is 7.08. The molecule has 1 fully saturated rings. The predicted molar refractivity (Wildman–Crippen MR) is 134 cm³/mol. The van der Waals surface area contributed by atoms with E-state index in [1.54, 1.807) is 6.07 Å². The van der Waals surface area contributed by atoms with Crippen molar-refractivity contribution in [2.45, 2.75) is 75.2 Å². The molecule has 0 bridgehead atoms. The van der Waals surface area contributed by atoms with E-state index in [0.717, 1.165) is 38.5 Å². The number of hydrogen-bond acceptors (Lipinski definition) is 10. The molecule has 10 heteroatoms. The van der Waals surface area contributed by atoms with Crippen LogP contribution >= 0.6 is 0 Å². The van der Waals surface area contributed by atoms with Crippen molar-refractivity contribution in [3.05, 3.63) is 35.1 Å². The summed E-state index contributed by atoms with van der Waals surface area (Å²) in [6.45, 7) is 5.28. The van der Waals surface area contributed by atoms with E-state index in [4.69, 9.17) is 23.7 Å². The first kappa shape index (κ1) is 26.8. The number of nitrogens with zero attached hydrogens (tertiary/aromatic N) is 1. The lowest BCUT2D eigenvalue weighted by molar-refractivity contribution is -0.187. The molecule has 4 aliphatic rings. The second kappa shape index (κ2) is 10.1. The van der Waals surface area contributed by atoms with E-state index >= 15 is 0 Å². The van der Waals surface area contributed by atoms with Gasteiger partial charge in [0.25, 0.3) is 5.60 Å². The number of fused-ring (bicyclic) bond motifs is 3. The minimum atomic E-state index is -2.45. The summed E-state index contributed by atoms with van der Waals surface area (Å²) in [6.07, 6.45) is 2.93. The first-order valence-corrected chi connectivity index (χ1v) is 13.3. The highest BCUT2D eigenvalue weighted by molar-refractivity contribution is 6.03. The molecule has 1 aliphatic carbocycles. The van der Waals surface area contributed by atoms with Crippen LogP contribution in [0.1, 0.15) is 69.1 Å². The standard InChI is InChI=1S/C28H37NO9/c1-16(2)7-5-9-28(33,25(31)35-4)26(32)38-24-22(34-3)13-27-8-6-10-29(27)14-19(30)17-11-20-21(37-15-36-20)12-18(17)23(24)27/h11-13,16,19,23-24,30,33H,5-10,14-15H2,1-4H3/t19-,23+,24+,27-,28+/m0/s1. The molecule has 0 aromatic heterocycles. The molecule has 10 nitrogen and oxygen atoms in total. The molecule has 208 valence electrons. The number of benzene rings is 1. The van der Waals surface area contributed by atoms with Gasteiger partial charge in [0.2, 0.25) is 6.79 Å². The fourth-order valence-corrected chi connectivity index (χ4v) is 6.55. The molecule has 0 unspecified atom stereocenters. The zero-order chi connectivity index (χ0) is 27.2. The van der Waals surface area contributed by atoms with Crippen molar-refractivity contribution in [1.82, 2.24) is 4.90 Å². The zero-order valence-corrected chi connectivity index (χ0v) is 22.4. The van der Waals surface area contributed by atoms with E-state index in [1.807, 2.05) is 26.0 Å². The Labute approximate surface area is 222 Å². The van der Waals surface area contributed by atoms with Crippen molar-refractivity contribution >= 4 is 11.9 Å². The SMILES string of the molecule is COC(=O)[C@](O)(CCCC(C)C)C(=O)O[C@@H]1C(OC)=C[C@]23CCCN2C[C@H](O)c2cc4c(cc2[C@H]13)OCO4. The zero-order valence-electron chi connectivity index (χ0n) is 22.4. The fourth-order valence-electron chi connectivity index (χ4n) is 6.55. The molecule has 0 saturated carbocycles. The molecule has 1 saturated heterocycles. The Hall–Kier alpha value is -2.82. The van der Waals surface area contributed by atoms with Gasteiger partial charge in [0, 0.05) is 6.54 Å². The third-order valence-electron chi connectivity index (χ3n) is 8.42. The van der Waals surface area contributed by atoms with Gasteiger partial charge in [-0.3, -0.25) is 4.90 Å². The second-order valence-electron chi connectivity index (χ2n) is 11.1. The molecule has 2 N–H and O–H groups in total. The molecule has 3 heterocycles. The molecular weight excluding hydrogens is 494 g/mol. The van der Waals surface area contributed by atoms with Crippen molar-refractivity contribution < 1.29 is 43.5 Å². The fraction of sp³-hybridized carbons (Fsp3) is 0.643. The number of methoxy groups -OCH3 is 2. The van der Waals surface area contributed by atoms with Gasteiger partial charge in [0.05, 0.1) is 31.8 Å². The number of esters is 2.